The van der Waals surface area contributed by atoms with Crippen LogP contribution in [0.1, 0.15) is 36.4 Å². The molecule has 1 atom stereocenters. The predicted molar refractivity (Wildman–Crippen MR) is 122 cm³/mol. The number of amides is 1. The van der Waals surface area contributed by atoms with Crippen LogP contribution in [-0.2, 0) is 9.59 Å². The average Bonchev–Trinajstić information content (AvgIpc) is 3.21. The van der Waals surface area contributed by atoms with Gasteiger partial charge in [0.2, 0.25) is 5.91 Å². The molecule has 1 aliphatic heterocycles. The molecule has 0 radical (unpaired) electrons. The lowest BCUT2D eigenvalue weighted by Crippen LogP contribution is -2.27. The molecule has 1 aliphatic rings. The Balaban J connectivity index is 1.75. The molecule has 1 N–H and O–H groups in total. The number of halogens is 2. The Morgan fingerprint density at radius 1 is 1.16 bits per heavy atom. The number of hydrogen-bond donors (Lipinski definition) is 1. The highest BCUT2D eigenvalue weighted by atomic mass is 35.5. The van der Waals surface area contributed by atoms with E-state index >= 15 is 0 Å². The second kappa shape index (κ2) is 9.14. The summed E-state index contributed by atoms with van der Waals surface area (Å²) in [5.74, 6) is -0.807. The molecule has 3 aromatic rings. The van der Waals surface area contributed by atoms with Gasteiger partial charge in [-0.25, -0.2) is 9.99 Å². The van der Waals surface area contributed by atoms with Gasteiger partial charge in [0.15, 0.2) is 0 Å². The molecule has 164 valence electrons. The zero-order valence-electron chi connectivity index (χ0n) is 17.1. The molecule has 9 heteroatoms. The van der Waals surface area contributed by atoms with Crippen LogP contribution in [0.3, 0.4) is 0 Å². The number of carboxylic acid groups (broad SMARTS) is 1. The molecule has 1 aromatic heterocycles. The van der Waals surface area contributed by atoms with E-state index < -0.39 is 17.9 Å². The number of nitrogens with zero attached hydrogens (tertiary/aromatic N) is 3. The van der Waals surface area contributed by atoms with E-state index in [9.17, 15) is 9.59 Å². The number of hydrogen-bond acceptors (Lipinski definition) is 5. The van der Waals surface area contributed by atoms with Crippen molar-refractivity contribution in [1.82, 2.24) is 9.99 Å². The SMILES string of the molecule is COc1ccc2cc(C3CC(c4ccccc4Cl)=NN3C(=O)CCC(=O)O)c(Cl)nc2c1. The van der Waals surface area contributed by atoms with Crippen molar-refractivity contribution in [3.63, 3.8) is 0 Å². The van der Waals surface area contributed by atoms with E-state index in [0.29, 0.717) is 39.5 Å². The van der Waals surface area contributed by atoms with Gasteiger partial charge >= 0.3 is 5.97 Å². The monoisotopic (exact) mass is 471 g/mol. The third kappa shape index (κ3) is 4.40. The van der Waals surface area contributed by atoms with E-state index in [-0.39, 0.29) is 18.0 Å². The fourth-order valence-corrected chi connectivity index (χ4v) is 4.19. The van der Waals surface area contributed by atoms with Crippen molar-refractivity contribution < 1.29 is 19.4 Å². The first-order chi connectivity index (χ1) is 15.4. The average molecular weight is 472 g/mol. The summed E-state index contributed by atoms with van der Waals surface area (Å²) in [5.41, 5.74) is 2.61. The molecule has 0 fully saturated rings. The summed E-state index contributed by atoms with van der Waals surface area (Å²) >= 11 is 12.9. The van der Waals surface area contributed by atoms with Crippen molar-refractivity contribution in [2.24, 2.45) is 5.10 Å². The lowest BCUT2D eigenvalue weighted by Gasteiger charge is -2.23. The van der Waals surface area contributed by atoms with Crippen molar-refractivity contribution in [2.75, 3.05) is 7.11 Å². The Bertz CT molecular complexity index is 1250. The number of fused-ring (bicyclic) bond motifs is 1. The number of aliphatic carboxylic acids is 1. The summed E-state index contributed by atoms with van der Waals surface area (Å²) in [6.45, 7) is 0. The van der Waals surface area contributed by atoms with Crippen LogP contribution < -0.4 is 4.74 Å². The van der Waals surface area contributed by atoms with Gasteiger partial charge < -0.3 is 9.84 Å². The van der Waals surface area contributed by atoms with E-state index in [4.69, 9.17) is 33.0 Å². The number of hydrazone groups is 1. The number of pyridine rings is 1. The van der Waals surface area contributed by atoms with Crippen LogP contribution in [0.25, 0.3) is 10.9 Å². The summed E-state index contributed by atoms with van der Waals surface area (Å²) in [4.78, 5) is 28.4. The summed E-state index contributed by atoms with van der Waals surface area (Å²) in [7, 11) is 1.57. The molecule has 0 saturated carbocycles. The van der Waals surface area contributed by atoms with Crippen LogP contribution in [0, 0.1) is 0 Å². The van der Waals surface area contributed by atoms with Crippen LogP contribution in [0.2, 0.25) is 10.2 Å². The quantitative estimate of drug-likeness (QED) is 0.505. The normalized spacial score (nSPS) is 15.7. The van der Waals surface area contributed by atoms with Gasteiger partial charge in [0, 0.05) is 40.4 Å². The molecule has 0 aliphatic carbocycles. The third-order valence-electron chi connectivity index (χ3n) is 5.27. The first kappa shape index (κ1) is 22.0. The molecule has 2 heterocycles. The van der Waals surface area contributed by atoms with E-state index in [1.165, 1.54) is 5.01 Å². The maximum atomic E-state index is 12.9. The third-order valence-corrected chi connectivity index (χ3v) is 5.90. The highest BCUT2D eigenvalue weighted by molar-refractivity contribution is 6.34. The molecule has 1 unspecified atom stereocenters. The topological polar surface area (TPSA) is 92.1 Å². The fraction of sp³-hybridized carbons (Fsp3) is 0.217. The Hall–Kier alpha value is -3.16. The fourth-order valence-electron chi connectivity index (χ4n) is 3.67. The van der Waals surface area contributed by atoms with Gasteiger partial charge in [-0.15, -0.1) is 0 Å². The lowest BCUT2D eigenvalue weighted by molar-refractivity contribution is -0.141. The minimum absolute atomic E-state index is 0.180. The number of rotatable bonds is 6. The van der Waals surface area contributed by atoms with Crippen molar-refractivity contribution >= 4 is 51.7 Å². The smallest absolute Gasteiger partial charge is 0.303 e. The van der Waals surface area contributed by atoms with Gasteiger partial charge in [-0.3, -0.25) is 9.59 Å². The highest BCUT2D eigenvalue weighted by Crippen LogP contribution is 2.38. The number of benzene rings is 2. The van der Waals surface area contributed by atoms with Crippen molar-refractivity contribution in [3.05, 3.63) is 69.8 Å². The molecule has 4 rings (SSSR count). The van der Waals surface area contributed by atoms with Crippen LogP contribution in [0.4, 0.5) is 0 Å². The largest absolute Gasteiger partial charge is 0.497 e. The molecule has 1 amide bonds. The summed E-state index contributed by atoms with van der Waals surface area (Å²) in [5, 5.41) is 16.4. The number of carboxylic acids is 1. The van der Waals surface area contributed by atoms with Crippen molar-refractivity contribution in [3.8, 4) is 5.75 Å². The highest BCUT2D eigenvalue weighted by Gasteiger charge is 2.35. The van der Waals surface area contributed by atoms with Gasteiger partial charge in [-0.1, -0.05) is 41.4 Å². The van der Waals surface area contributed by atoms with E-state index in [2.05, 4.69) is 10.1 Å². The molecule has 0 spiro atoms. The number of ether oxygens (including phenoxy) is 1. The van der Waals surface area contributed by atoms with Crippen LogP contribution >= 0.6 is 23.2 Å². The van der Waals surface area contributed by atoms with Gasteiger partial charge in [0.1, 0.15) is 10.9 Å². The molecule has 0 bridgehead atoms. The molecular formula is C23H19Cl2N3O4. The van der Waals surface area contributed by atoms with Gasteiger partial charge in [0.25, 0.3) is 0 Å². The first-order valence-electron chi connectivity index (χ1n) is 9.88. The Kier molecular flexibility index (Phi) is 6.30. The van der Waals surface area contributed by atoms with Gasteiger partial charge in [-0.05, 0) is 24.3 Å². The van der Waals surface area contributed by atoms with Gasteiger partial charge in [0.05, 0.1) is 30.8 Å². The molecule has 2 aromatic carbocycles. The van der Waals surface area contributed by atoms with Crippen molar-refractivity contribution in [1.29, 1.82) is 0 Å². The first-order valence-corrected chi connectivity index (χ1v) is 10.6. The maximum absolute atomic E-state index is 12.9. The van der Waals surface area contributed by atoms with Crippen LogP contribution in [0.5, 0.6) is 5.75 Å². The standard InChI is InChI=1S/C23H19Cl2N3O4/c1-32-14-7-6-13-10-16(23(25)26-18(13)11-14)20-12-19(15-4-2-3-5-17(15)24)27-28(20)21(29)8-9-22(30)31/h2-7,10-11,20H,8-9,12H2,1H3,(H,30,31). The van der Waals surface area contributed by atoms with Crippen LogP contribution in [0.15, 0.2) is 53.6 Å². The Morgan fingerprint density at radius 2 is 1.94 bits per heavy atom. The molecular weight excluding hydrogens is 453 g/mol. The van der Waals surface area contributed by atoms with Crippen molar-refractivity contribution in [2.45, 2.75) is 25.3 Å². The number of carbonyl (C=O) groups is 2. The maximum Gasteiger partial charge on any atom is 0.303 e. The summed E-state index contributed by atoms with van der Waals surface area (Å²) in [6, 6.07) is 14.0. The van der Waals surface area contributed by atoms with Gasteiger partial charge in [-0.2, -0.15) is 5.10 Å². The second-order valence-corrected chi connectivity index (χ2v) is 8.07. The second-order valence-electron chi connectivity index (χ2n) is 7.31. The van der Waals surface area contributed by atoms with E-state index in [0.717, 1.165) is 5.39 Å². The Labute approximate surface area is 194 Å². The number of methoxy groups -OCH3 is 1. The number of carbonyl (C=O) groups excluding carboxylic acids is 1. The van der Waals surface area contributed by atoms with E-state index in [1.54, 1.807) is 19.2 Å². The number of aromatic nitrogens is 1. The lowest BCUT2D eigenvalue weighted by atomic mass is 9.98. The zero-order valence-corrected chi connectivity index (χ0v) is 18.6. The minimum atomic E-state index is -1.05. The molecule has 32 heavy (non-hydrogen) atoms. The predicted octanol–water partition coefficient (Wildman–Crippen LogP) is 5.09. The van der Waals surface area contributed by atoms with E-state index in [1.807, 2.05) is 36.4 Å². The Morgan fingerprint density at radius 3 is 2.66 bits per heavy atom. The minimum Gasteiger partial charge on any atom is -0.497 e. The zero-order chi connectivity index (χ0) is 22.8. The summed E-state index contributed by atoms with van der Waals surface area (Å²) in [6.07, 6.45) is -0.102. The van der Waals surface area contributed by atoms with Crippen LogP contribution in [-0.4, -0.2) is 39.8 Å². The molecule has 0 saturated heterocycles. The summed E-state index contributed by atoms with van der Waals surface area (Å²) < 4.78 is 5.25. The molecule has 7 nitrogen and oxygen atoms in total.